The number of aryl methyl sites for hydroxylation is 1. The fourth-order valence-electron chi connectivity index (χ4n) is 2.19. The van der Waals surface area contributed by atoms with E-state index in [1.165, 1.54) is 17.4 Å². The number of rotatable bonds is 3. The number of fused-ring (bicyclic) bond motifs is 1. The van der Waals surface area contributed by atoms with Gasteiger partial charge in [-0.2, -0.15) is 9.61 Å². The molecule has 4 aromatic rings. The van der Waals surface area contributed by atoms with Gasteiger partial charge in [0.2, 0.25) is 4.96 Å². The fourth-order valence-corrected chi connectivity index (χ4v) is 3.11. The van der Waals surface area contributed by atoms with Gasteiger partial charge in [0.1, 0.15) is 11.6 Å². The van der Waals surface area contributed by atoms with E-state index in [4.69, 9.17) is 4.52 Å². The minimum atomic E-state index is -0.260. The summed E-state index contributed by atoms with van der Waals surface area (Å²) in [7, 11) is 0. The molecule has 0 aliphatic heterocycles. The molecule has 0 radical (unpaired) electrons. The zero-order valence-corrected chi connectivity index (χ0v) is 12.3. The van der Waals surface area contributed by atoms with Gasteiger partial charge >= 0.3 is 0 Å². The van der Waals surface area contributed by atoms with Gasteiger partial charge in [0, 0.05) is 6.42 Å². The van der Waals surface area contributed by atoms with Crippen LogP contribution in [0.3, 0.4) is 0 Å². The second-order valence-corrected chi connectivity index (χ2v) is 5.74. The van der Waals surface area contributed by atoms with Gasteiger partial charge in [0.05, 0.1) is 11.8 Å². The molecule has 6 nitrogen and oxygen atoms in total. The highest BCUT2D eigenvalue weighted by molar-refractivity contribution is 7.19. The highest BCUT2D eigenvalue weighted by Crippen LogP contribution is 2.28. The largest absolute Gasteiger partial charge is 0.361 e. The zero-order valence-electron chi connectivity index (χ0n) is 11.5. The molecule has 0 fully saturated rings. The van der Waals surface area contributed by atoms with Crippen molar-refractivity contribution in [2.75, 3.05) is 0 Å². The van der Waals surface area contributed by atoms with Crippen molar-refractivity contribution in [1.82, 2.24) is 25.0 Å². The van der Waals surface area contributed by atoms with E-state index in [1.807, 2.05) is 6.92 Å². The van der Waals surface area contributed by atoms with Crippen molar-refractivity contribution < 1.29 is 8.91 Å². The van der Waals surface area contributed by atoms with E-state index in [9.17, 15) is 4.39 Å². The van der Waals surface area contributed by atoms with E-state index >= 15 is 0 Å². The summed E-state index contributed by atoms with van der Waals surface area (Å²) in [6.45, 7) is 1.82. The third-order valence-corrected chi connectivity index (χ3v) is 4.28. The minimum absolute atomic E-state index is 0.260. The summed E-state index contributed by atoms with van der Waals surface area (Å²) in [5.41, 5.74) is 1.39. The van der Waals surface area contributed by atoms with Crippen molar-refractivity contribution >= 4 is 16.3 Å². The Bertz CT molecular complexity index is 957. The molecule has 0 amide bonds. The summed E-state index contributed by atoms with van der Waals surface area (Å²) < 4.78 is 20.5. The quantitative estimate of drug-likeness (QED) is 0.581. The van der Waals surface area contributed by atoms with E-state index in [-0.39, 0.29) is 5.82 Å². The first-order valence-electron chi connectivity index (χ1n) is 6.58. The Balaban J connectivity index is 1.75. The van der Waals surface area contributed by atoms with Gasteiger partial charge in [-0.15, -0.1) is 10.2 Å². The molecule has 0 spiro atoms. The summed E-state index contributed by atoms with van der Waals surface area (Å²) in [6, 6.07) is 6.62. The molecule has 22 heavy (non-hydrogen) atoms. The summed E-state index contributed by atoms with van der Waals surface area (Å²) in [6.07, 6.45) is 1.96. The van der Waals surface area contributed by atoms with Crippen LogP contribution in [0.1, 0.15) is 17.1 Å². The van der Waals surface area contributed by atoms with Crippen molar-refractivity contribution in [2.45, 2.75) is 13.3 Å². The average molecular weight is 315 g/mol. The molecule has 1 aromatic carbocycles. The van der Waals surface area contributed by atoms with E-state index in [1.54, 1.807) is 28.9 Å². The van der Waals surface area contributed by atoms with Crippen LogP contribution in [0.4, 0.5) is 4.39 Å². The Morgan fingerprint density at radius 1 is 1.27 bits per heavy atom. The van der Waals surface area contributed by atoms with Gasteiger partial charge < -0.3 is 4.52 Å². The molecule has 4 rings (SSSR count). The Morgan fingerprint density at radius 3 is 2.91 bits per heavy atom. The highest BCUT2D eigenvalue weighted by Gasteiger charge is 2.17. The van der Waals surface area contributed by atoms with Crippen LogP contribution in [0.5, 0.6) is 0 Å². The first-order valence-corrected chi connectivity index (χ1v) is 7.40. The summed E-state index contributed by atoms with van der Waals surface area (Å²) in [5, 5.41) is 17.2. The Kier molecular flexibility index (Phi) is 2.97. The standard InChI is InChI=1S/C14H10FN5OS/c1-8-10(7-16-21-8)13-19-20-12(17-18-14(20)22-13)6-9-4-2-3-5-11(9)15/h2-5,7H,6H2,1H3. The third-order valence-electron chi connectivity index (χ3n) is 3.34. The number of hydrogen-bond donors (Lipinski definition) is 0. The maximum absolute atomic E-state index is 13.8. The van der Waals surface area contributed by atoms with E-state index in [2.05, 4.69) is 20.5 Å². The lowest BCUT2D eigenvalue weighted by atomic mass is 10.1. The number of hydrogen-bond acceptors (Lipinski definition) is 6. The summed E-state index contributed by atoms with van der Waals surface area (Å²) >= 11 is 1.39. The molecular formula is C14H10FN5OS. The molecule has 110 valence electrons. The van der Waals surface area contributed by atoms with Gasteiger partial charge in [-0.3, -0.25) is 0 Å². The normalized spacial score (nSPS) is 11.4. The molecule has 0 aliphatic rings. The SMILES string of the molecule is Cc1oncc1-c1nn2c(Cc3ccccc3F)nnc2s1. The Labute approximate surface area is 128 Å². The molecule has 8 heteroatoms. The van der Waals surface area contributed by atoms with Gasteiger partial charge in [-0.25, -0.2) is 4.39 Å². The lowest BCUT2D eigenvalue weighted by Gasteiger charge is -1.99. The maximum atomic E-state index is 13.8. The van der Waals surface area contributed by atoms with E-state index in [0.717, 1.165) is 10.6 Å². The van der Waals surface area contributed by atoms with Crippen LogP contribution in [0.25, 0.3) is 15.5 Å². The second-order valence-electron chi connectivity index (χ2n) is 4.78. The molecule has 3 aromatic heterocycles. The molecular weight excluding hydrogens is 305 g/mol. The second kappa shape index (κ2) is 4.99. The van der Waals surface area contributed by atoms with Crippen LogP contribution in [0, 0.1) is 12.7 Å². The van der Waals surface area contributed by atoms with Crippen molar-refractivity contribution in [2.24, 2.45) is 0 Å². The van der Waals surface area contributed by atoms with E-state index in [0.29, 0.717) is 28.5 Å². The molecule has 0 atom stereocenters. The first kappa shape index (κ1) is 13.1. The van der Waals surface area contributed by atoms with Gasteiger partial charge in [-0.05, 0) is 18.6 Å². The van der Waals surface area contributed by atoms with Crippen LogP contribution in [0.2, 0.25) is 0 Å². The van der Waals surface area contributed by atoms with Gasteiger partial charge in [0.25, 0.3) is 0 Å². The van der Waals surface area contributed by atoms with Crippen LogP contribution in [-0.4, -0.2) is 25.0 Å². The maximum Gasteiger partial charge on any atom is 0.234 e. The van der Waals surface area contributed by atoms with Crippen LogP contribution in [-0.2, 0) is 6.42 Å². The molecule has 0 unspecified atom stereocenters. The molecule has 0 N–H and O–H groups in total. The highest BCUT2D eigenvalue weighted by atomic mass is 32.1. The van der Waals surface area contributed by atoms with Crippen LogP contribution < -0.4 is 0 Å². The van der Waals surface area contributed by atoms with Crippen LogP contribution >= 0.6 is 11.3 Å². The smallest absolute Gasteiger partial charge is 0.234 e. The van der Waals surface area contributed by atoms with Gasteiger partial charge in [0.15, 0.2) is 10.8 Å². The number of aromatic nitrogens is 5. The topological polar surface area (TPSA) is 69.1 Å². The monoisotopic (exact) mass is 315 g/mol. The number of benzene rings is 1. The summed E-state index contributed by atoms with van der Waals surface area (Å²) in [4.78, 5) is 0.655. The van der Waals surface area contributed by atoms with Crippen molar-refractivity contribution in [3.05, 3.63) is 53.4 Å². The lowest BCUT2D eigenvalue weighted by molar-refractivity contribution is 0.398. The van der Waals surface area contributed by atoms with E-state index < -0.39 is 0 Å². The van der Waals surface area contributed by atoms with Gasteiger partial charge in [-0.1, -0.05) is 34.7 Å². The van der Waals surface area contributed by atoms with Crippen molar-refractivity contribution in [1.29, 1.82) is 0 Å². The number of halogens is 1. The average Bonchev–Trinajstić information content (AvgIpc) is 3.18. The Morgan fingerprint density at radius 2 is 2.14 bits per heavy atom. The molecule has 0 saturated heterocycles. The predicted molar refractivity (Wildman–Crippen MR) is 78.1 cm³/mol. The molecule has 0 aliphatic carbocycles. The first-order chi connectivity index (χ1) is 10.7. The number of nitrogens with zero attached hydrogens (tertiary/aromatic N) is 5. The summed E-state index contributed by atoms with van der Waals surface area (Å²) in [5.74, 6) is 1.03. The zero-order chi connectivity index (χ0) is 15.1. The molecule has 0 saturated carbocycles. The van der Waals surface area contributed by atoms with Crippen molar-refractivity contribution in [3.8, 4) is 10.6 Å². The molecule has 3 heterocycles. The predicted octanol–water partition coefficient (Wildman–Crippen LogP) is 2.88. The fraction of sp³-hybridized carbons (Fsp3) is 0.143. The minimum Gasteiger partial charge on any atom is -0.361 e. The Hall–Kier alpha value is -2.61. The molecule has 0 bridgehead atoms. The van der Waals surface area contributed by atoms with Crippen molar-refractivity contribution in [3.63, 3.8) is 0 Å². The van der Waals surface area contributed by atoms with Crippen LogP contribution in [0.15, 0.2) is 35.0 Å². The lowest BCUT2D eigenvalue weighted by Crippen LogP contribution is -1.99. The third kappa shape index (κ3) is 2.08.